The average Bonchev–Trinajstić information content (AvgIpc) is 3.21. The van der Waals surface area contributed by atoms with Gasteiger partial charge in [0.2, 0.25) is 0 Å². The number of carbonyl (C=O) groups excluding carboxylic acids is 2. The van der Waals surface area contributed by atoms with Gasteiger partial charge in [0.05, 0.1) is 26.4 Å². The Morgan fingerprint density at radius 3 is 1.28 bits per heavy atom. The lowest BCUT2D eigenvalue weighted by Gasteiger charge is -2.20. The summed E-state index contributed by atoms with van der Waals surface area (Å²) in [6.45, 7) is 1.98. The second-order valence-electron chi connectivity index (χ2n) is 14.3. The summed E-state index contributed by atoms with van der Waals surface area (Å²) in [6.07, 6.45) is 50.0. The molecule has 0 aliphatic heterocycles. The molecule has 58 heavy (non-hydrogen) atoms. The molecule has 0 bridgehead atoms. The highest BCUT2D eigenvalue weighted by molar-refractivity contribution is 7.47. The molecule has 3 unspecified atom stereocenters. The van der Waals surface area contributed by atoms with Crippen LogP contribution in [-0.4, -0.2) is 65.7 Å². The highest BCUT2D eigenvalue weighted by Crippen LogP contribution is 2.43. The first kappa shape index (κ1) is 55.2. The van der Waals surface area contributed by atoms with Crippen molar-refractivity contribution in [3.63, 3.8) is 0 Å². The van der Waals surface area contributed by atoms with Crippen LogP contribution in [0.5, 0.6) is 0 Å². The average molecular weight is 835 g/mol. The first-order chi connectivity index (χ1) is 28.3. The summed E-state index contributed by atoms with van der Waals surface area (Å²) in [6, 6.07) is 0. The summed E-state index contributed by atoms with van der Waals surface area (Å²) in [7, 11) is -4.66. The Balaban J connectivity index is 4.05. The monoisotopic (exact) mass is 835 g/mol. The maximum Gasteiger partial charge on any atom is 0.472 e. The van der Waals surface area contributed by atoms with Crippen molar-refractivity contribution >= 4 is 19.8 Å². The second kappa shape index (κ2) is 42.3. The molecule has 0 radical (unpaired) electrons. The van der Waals surface area contributed by atoms with E-state index in [-0.39, 0.29) is 12.8 Å². The third kappa shape index (κ3) is 40.0. The fourth-order valence-corrected chi connectivity index (χ4v) is 6.27. The van der Waals surface area contributed by atoms with Gasteiger partial charge in [-0.25, -0.2) is 4.57 Å². The van der Waals surface area contributed by atoms with Crippen LogP contribution in [0.25, 0.3) is 0 Å². The number of phosphoric acid groups is 1. The second-order valence-corrected chi connectivity index (χ2v) is 15.7. The molecule has 0 spiro atoms. The Morgan fingerprint density at radius 2 is 0.845 bits per heavy atom. The molecule has 3 atom stereocenters. The third-order valence-corrected chi connectivity index (χ3v) is 9.81. The third-order valence-electron chi connectivity index (χ3n) is 8.86. The van der Waals surface area contributed by atoms with Gasteiger partial charge >= 0.3 is 19.8 Å². The number of ether oxygens (including phenoxy) is 2. The number of allylic oxidation sites excluding steroid dienone is 14. The first-order valence-corrected chi connectivity index (χ1v) is 23.5. The van der Waals surface area contributed by atoms with Crippen LogP contribution in [0, 0.1) is 0 Å². The van der Waals surface area contributed by atoms with Crippen molar-refractivity contribution in [1.82, 2.24) is 0 Å². The van der Waals surface area contributed by atoms with Crippen LogP contribution in [0.3, 0.4) is 0 Å². The summed E-state index contributed by atoms with van der Waals surface area (Å²) in [4.78, 5) is 34.5. The standard InChI is InChI=1S/C47H79O10P/c1-3-5-7-9-11-13-15-17-19-21-22-23-25-27-29-31-33-35-37-39-47(51)57-45(41-49)43-55-58(52,53)54-42-44(40-48)56-46(50)38-36-34-32-30-28-26-24-20-18-16-14-12-10-8-6-4-2/h5,7,11,13,17,19-20,22-24,27,29,33,35,44-45,48-49H,3-4,6,8-10,12,14-16,18,21,25-26,28,30-32,34,36-43H2,1-2H3,(H,52,53)/b7-5-,13-11-,19-17-,23-22-,24-20-,29-27-,35-33-. The lowest BCUT2D eigenvalue weighted by Crippen LogP contribution is -2.28. The van der Waals surface area contributed by atoms with Gasteiger partial charge in [-0.2, -0.15) is 0 Å². The first-order valence-electron chi connectivity index (χ1n) is 22.0. The number of phosphoric ester groups is 1. The van der Waals surface area contributed by atoms with E-state index in [1.54, 1.807) is 0 Å². The maximum atomic E-state index is 12.4. The van der Waals surface area contributed by atoms with E-state index < -0.39 is 58.4 Å². The molecule has 332 valence electrons. The molecule has 3 N–H and O–H groups in total. The summed E-state index contributed by atoms with van der Waals surface area (Å²) in [5.41, 5.74) is 0. The van der Waals surface area contributed by atoms with Crippen molar-refractivity contribution in [3.05, 3.63) is 85.1 Å². The largest absolute Gasteiger partial charge is 0.472 e. The fourth-order valence-electron chi connectivity index (χ4n) is 5.49. The molecule has 0 saturated heterocycles. The molecule has 10 nitrogen and oxygen atoms in total. The van der Waals surface area contributed by atoms with Crippen molar-refractivity contribution in [2.45, 2.75) is 174 Å². The van der Waals surface area contributed by atoms with E-state index in [4.69, 9.17) is 18.5 Å². The molecule has 0 aliphatic carbocycles. The molecule has 0 heterocycles. The minimum atomic E-state index is -4.66. The molecule has 0 rings (SSSR count). The summed E-state index contributed by atoms with van der Waals surface area (Å²) >= 11 is 0. The van der Waals surface area contributed by atoms with Crippen molar-refractivity contribution in [3.8, 4) is 0 Å². The van der Waals surface area contributed by atoms with Gasteiger partial charge in [0.15, 0.2) is 0 Å². The Labute approximate surface area is 351 Å². The van der Waals surface area contributed by atoms with E-state index in [0.717, 1.165) is 77.0 Å². The van der Waals surface area contributed by atoms with Crippen LogP contribution in [0.15, 0.2) is 85.1 Å². The quantitative estimate of drug-likeness (QED) is 0.0236. The van der Waals surface area contributed by atoms with Crippen LogP contribution in [0.4, 0.5) is 0 Å². The molecule has 0 fully saturated rings. The molecule has 0 aliphatic rings. The van der Waals surface area contributed by atoms with Crippen molar-refractivity contribution < 1.29 is 47.8 Å². The van der Waals surface area contributed by atoms with Crippen molar-refractivity contribution in [2.24, 2.45) is 0 Å². The van der Waals surface area contributed by atoms with Gasteiger partial charge in [0.25, 0.3) is 0 Å². The lowest BCUT2D eigenvalue weighted by atomic mass is 10.1. The van der Waals surface area contributed by atoms with Gasteiger partial charge in [-0.05, 0) is 77.0 Å². The van der Waals surface area contributed by atoms with Crippen LogP contribution in [0.2, 0.25) is 0 Å². The number of hydrogen-bond donors (Lipinski definition) is 3. The lowest BCUT2D eigenvalue weighted by molar-refractivity contribution is -0.153. The fraction of sp³-hybridized carbons (Fsp3) is 0.660. The number of aliphatic hydroxyl groups excluding tert-OH is 2. The molecule has 0 aromatic rings. The highest BCUT2D eigenvalue weighted by atomic mass is 31.2. The van der Waals surface area contributed by atoms with E-state index in [1.807, 2.05) is 12.2 Å². The van der Waals surface area contributed by atoms with E-state index in [0.29, 0.717) is 12.8 Å². The maximum absolute atomic E-state index is 12.4. The number of rotatable bonds is 40. The van der Waals surface area contributed by atoms with E-state index in [2.05, 4.69) is 86.8 Å². The van der Waals surface area contributed by atoms with Gasteiger partial charge in [-0.15, -0.1) is 0 Å². The zero-order valence-corrected chi connectivity index (χ0v) is 36.9. The minimum Gasteiger partial charge on any atom is -0.457 e. The zero-order valence-electron chi connectivity index (χ0n) is 36.0. The molecular formula is C47H79O10P. The van der Waals surface area contributed by atoms with E-state index in [9.17, 15) is 29.3 Å². The predicted molar refractivity (Wildman–Crippen MR) is 237 cm³/mol. The zero-order chi connectivity index (χ0) is 42.6. The van der Waals surface area contributed by atoms with Crippen LogP contribution in [-0.2, 0) is 32.7 Å². The Hall–Kier alpha value is -2.85. The smallest absolute Gasteiger partial charge is 0.457 e. The van der Waals surface area contributed by atoms with Crippen LogP contribution >= 0.6 is 7.82 Å². The molecule has 0 aromatic heterocycles. The van der Waals surface area contributed by atoms with Crippen molar-refractivity contribution in [1.29, 1.82) is 0 Å². The summed E-state index contributed by atoms with van der Waals surface area (Å²) in [5, 5.41) is 19.2. The number of aliphatic hydroxyl groups is 2. The number of carbonyl (C=O) groups is 2. The molecular weight excluding hydrogens is 755 g/mol. The topological polar surface area (TPSA) is 149 Å². The predicted octanol–water partition coefficient (Wildman–Crippen LogP) is 11.8. The summed E-state index contributed by atoms with van der Waals surface area (Å²) in [5.74, 6) is -1.12. The SMILES string of the molecule is CC/C=C\C/C=C\C/C=C\C/C=C\C/C=C\C/C=C\CCC(=O)OC(CO)COP(=O)(O)OCC(CO)OC(=O)CCCCCCC/C=C\CCCCCCCCC. The Morgan fingerprint density at radius 1 is 0.483 bits per heavy atom. The Bertz CT molecular complexity index is 1240. The molecule has 0 amide bonds. The van der Waals surface area contributed by atoms with Crippen LogP contribution in [0.1, 0.15) is 162 Å². The Kier molecular flexibility index (Phi) is 40.2. The van der Waals surface area contributed by atoms with Gasteiger partial charge < -0.3 is 24.6 Å². The van der Waals surface area contributed by atoms with Gasteiger partial charge in [0, 0.05) is 12.8 Å². The van der Waals surface area contributed by atoms with Crippen molar-refractivity contribution in [2.75, 3.05) is 26.4 Å². The summed E-state index contributed by atoms with van der Waals surface area (Å²) < 4.78 is 32.5. The van der Waals surface area contributed by atoms with Gasteiger partial charge in [-0.1, -0.05) is 157 Å². The highest BCUT2D eigenvalue weighted by Gasteiger charge is 2.27. The number of hydrogen-bond acceptors (Lipinski definition) is 9. The van der Waals surface area contributed by atoms with E-state index in [1.165, 1.54) is 44.9 Å². The van der Waals surface area contributed by atoms with Gasteiger partial charge in [0.1, 0.15) is 12.2 Å². The minimum absolute atomic E-state index is 0.0620. The number of esters is 2. The number of unbranched alkanes of at least 4 members (excludes halogenated alkanes) is 12. The molecule has 11 heteroatoms. The normalized spacial score (nSPS) is 14.6. The van der Waals surface area contributed by atoms with E-state index >= 15 is 0 Å². The van der Waals surface area contributed by atoms with Gasteiger partial charge in [-0.3, -0.25) is 18.6 Å². The van der Waals surface area contributed by atoms with Crippen LogP contribution < -0.4 is 0 Å². The molecule has 0 aromatic carbocycles. The molecule has 0 saturated carbocycles.